The smallest absolute Gasteiger partial charge is 0.452 e. The van der Waals surface area contributed by atoms with Crippen molar-refractivity contribution in [2.24, 2.45) is 5.10 Å². The van der Waals surface area contributed by atoms with Crippen molar-refractivity contribution >= 4 is 35.2 Å². The topological polar surface area (TPSA) is 126 Å². The minimum absolute atomic E-state index is 0.103. The van der Waals surface area contributed by atoms with Gasteiger partial charge in [-0.05, 0) is 36.2 Å². The molecule has 0 spiro atoms. The summed E-state index contributed by atoms with van der Waals surface area (Å²) < 4.78 is 54.9. The number of hydrogen-bond acceptors (Lipinski definition) is 10. The number of nitrogens with one attached hydrogen (secondary N) is 2. The average Bonchev–Trinajstić information content (AvgIpc) is 3.56. The molecule has 0 bridgehead atoms. The van der Waals surface area contributed by atoms with Crippen molar-refractivity contribution in [2.75, 3.05) is 20.8 Å². The number of rotatable bonds is 9. The Morgan fingerprint density at radius 1 is 1.17 bits per heavy atom. The number of carboxylic acids is 1. The Morgan fingerprint density at radius 3 is 2.68 bits per heavy atom. The van der Waals surface area contributed by atoms with Gasteiger partial charge >= 0.3 is 12.1 Å². The van der Waals surface area contributed by atoms with E-state index in [2.05, 4.69) is 26.3 Å². The van der Waals surface area contributed by atoms with E-state index in [-0.39, 0.29) is 30.9 Å². The highest BCUT2D eigenvalue weighted by atomic mass is 35.5. The number of hydrazone groups is 1. The van der Waals surface area contributed by atoms with Crippen LogP contribution in [0.25, 0.3) is 5.69 Å². The highest BCUT2D eigenvalue weighted by Crippen LogP contribution is 2.54. The first kappa shape index (κ1) is 28.8. The molecule has 2 atom stereocenters. The van der Waals surface area contributed by atoms with Crippen molar-refractivity contribution in [2.45, 2.75) is 35.9 Å². The summed E-state index contributed by atoms with van der Waals surface area (Å²) >= 11 is 7.78. The second kappa shape index (κ2) is 11.7. The molecular formula is C25H25ClF3N7O4S. The zero-order valence-electron chi connectivity index (χ0n) is 21.8. The first-order valence-corrected chi connectivity index (χ1v) is 13.7. The van der Waals surface area contributed by atoms with Gasteiger partial charge < -0.3 is 14.6 Å². The molecule has 0 saturated carbocycles. The monoisotopic (exact) mass is 611 g/mol. The van der Waals surface area contributed by atoms with Gasteiger partial charge in [-0.3, -0.25) is 14.8 Å². The third-order valence-electron chi connectivity index (χ3n) is 6.52. The van der Waals surface area contributed by atoms with E-state index in [0.717, 1.165) is 4.57 Å². The maximum Gasteiger partial charge on any atom is 0.452 e. The first-order valence-electron chi connectivity index (χ1n) is 12.4. The molecule has 3 heterocycles. The molecule has 16 heteroatoms. The fourth-order valence-electron chi connectivity index (χ4n) is 4.74. The van der Waals surface area contributed by atoms with Crippen LogP contribution in [0.3, 0.4) is 0 Å². The summed E-state index contributed by atoms with van der Waals surface area (Å²) in [5, 5.41) is 21.4. The van der Waals surface area contributed by atoms with E-state index in [1.165, 1.54) is 38.1 Å². The van der Waals surface area contributed by atoms with Gasteiger partial charge in [0.25, 0.3) is 0 Å². The average molecular weight is 612 g/mol. The van der Waals surface area contributed by atoms with Crippen LogP contribution in [0.5, 0.6) is 11.5 Å². The number of thioether (sulfide) groups is 1. The summed E-state index contributed by atoms with van der Waals surface area (Å²) in [5.74, 6) is -0.615. The lowest BCUT2D eigenvalue weighted by atomic mass is 10.0. The van der Waals surface area contributed by atoms with Gasteiger partial charge in [-0.2, -0.15) is 13.2 Å². The van der Waals surface area contributed by atoms with E-state index in [1.807, 2.05) is 6.07 Å². The van der Waals surface area contributed by atoms with Gasteiger partial charge in [-0.15, -0.1) is 32.2 Å². The van der Waals surface area contributed by atoms with Crippen LogP contribution >= 0.6 is 23.4 Å². The van der Waals surface area contributed by atoms with Crippen LogP contribution in [-0.2, 0) is 11.0 Å². The van der Waals surface area contributed by atoms with Crippen LogP contribution in [-0.4, -0.2) is 57.6 Å². The van der Waals surface area contributed by atoms with Crippen molar-refractivity contribution in [1.29, 1.82) is 0 Å². The first-order chi connectivity index (χ1) is 19.6. The van der Waals surface area contributed by atoms with Crippen LogP contribution in [0.4, 0.5) is 13.2 Å². The van der Waals surface area contributed by atoms with E-state index in [1.54, 1.807) is 23.3 Å². The molecule has 0 fully saturated rings. The SMILES string of the molecule is COc1cccc([C@H]2S[C@H](CCN3NN=C(CCC(=O)O)N3)c3nnc(C(F)(F)F)n3-c3ccc(Cl)cc32)c1OC. The molecule has 3 aromatic rings. The quantitative estimate of drug-likeness (QED) is 0.313. The zero-order valence-corrected chi connectivity index (χ0v) is 23.3. The lowest BCUT2D eigenvalue weighted by Gasteiger charge is -2.25. The van der Waals surface area contributed by atoms with E-state index < -0.39 is 28.5 Å². The molecule has 11 nitrogen and oxygen atoms in total. The number of aromatic nitrogens is 3. The van der Waals surface area contributed by atoms with Crippen molar-refractivity contribution < 1.29 is 32.5 Å². The molecule has 5 rings (SSSR count). The van der Waals surface area contributed by atoms with Crippen LogP contribution in [0, 0.1) is 0 Å². The molecule has 1 aromatic heterocycles. The number of hydrazine groups is 2. The Hall–Kier alpha value is -3.69. The molecule has 0 radical (unpaired) electrons. The molecule has 0 unspecified atom stereocenters. The molecule has 0 saturated heterocycles. The summed E-state index contributed by atoms with van der Waals surface area (Å²) in [4.78, 5) is 10.9. The molecular weight excluding hydrogens is 587 g/mol. The summed E-state index contributed by atoms with van der Waals surface area (Å²) in [7, 11) is 3.01. The number of benzene rings is 2. The molecule has 3 N–H and O–H groups in total. The number of amidine groups is 1. The number of aliphatic carboxylic acids is 1. The zero-order chi connectivity index (χ0) is 29.3. The standard InChI is InChI=1S/C25H25ClF3N7O4S/c1-39-17-5-3-4-14(21(17)40-2)22-15-12-13(26)6-7-16(15)36-23(31-32-24(36)25(27,28)29)18(41-22)10-11-35-33-19(30-34-35)8-9-20(37)38/h3-7,12,18,22,34H,8-11H2,1-2H3,(H,30,33)(H,37,38)/t18-,22-/m1/s1. The van der Waals surface area contributed by atoms with E-state index >= 15 is 0 Å². The van der Waals surface area contributed by atoms with E-state index in [0.29, 0.717) is 39.9 Å². The van der Waals surface area contributed by atoms with Crippen molar-refractivity contribution in [3.63, 3.8) is 0 Å². The van der Waals surface area contributed by atoms with Gasteiger partial charge in [0.15, 0.2) is 17.3 Å². The summed E-state index contributed by atoms with van der Waals surface area (Å²) in [6, 6.07) is 10.1. The number of halogens is 4. The van der Waals surface area contributed by atoms with Gasteiger partial charge in [0.2, 0.25) is 5.82 Å². The Morgan fingerprint density at radius 2 is 1.98 bits per heavy atom. The predicted octanol–water partition coefficient (Wildman–Crippen LogP) is 4.73. The number of ether oxygens (including phenoxy) is 2. The lowest BCUT2D eigenvalue weighted by molar-refractivity contribution is -0.146. The minimum Gasteiger partial charge on any atom is -0.493 e. The van der Waals surface area contributed by atoms with Crippen molar-refractivity contribution in [3.05, 3.63) is 64.2 Å². The van der Waals surface area contributed by atoms with Crippen LogP contribution in [0.2, 0.25) is 5.02 Å². The largest absolute Gasteiger partial charge is 0.493 e. The van der Waals surface area contributed by atoms with Gasteiger partial charge in [-0.1, -0.05) is 23.7 Å². The van der Waals surface area contributed by atoms with Crippen LogP contribution in [0.15, 0.2) is 41.5 Å². The van der Waals surface area contributed by atoms with E-state index in [9.17, 15) is 18.0 Å². The summed E-state index contributed by atoms with van der Waals surface area (Å²) in [6.45, 7) is 0.283. The second-order valence-corrected chi connectivity index (χ2v) is 10.9. The molecule has 41 heavy (non-hydrogen) atoms. The molecule has 2 aromatic carbocycles. The molecule has 0 amide bonds. The fraction of sp³-hybridized carbons (Fsp3) is 0.360. The number of alkyl halides is 3. The number of hydrogen-bond donors (Lipinski definition) is 3. The normalized spacial score (nSPS) is 18.4. The van der Waals surface area contributed by atoms with Crippen molar-refractivity contribution in [1.82, 2.24) is 30.8 Å². The van der Waals surface area contributed by atoms with Crippen molar-refractivity contribution in [3.8, 4) is 17.2 Å². The Kier molecular flexibility index (Phi) is 8.20. The van der Waals surface area contributed by atoms with Gasteiger partial charge in [0, 0.05) is 23.6 Å². The molecule has 2 aliphatic rings. The number of fused-ring (bicyclic) bond motifs is 3. The number of carbonyl (C=O) groups is 1. The van der Waals surface area contributed by atoms with Gasteiger partial charge in [-0.25, -0.2) is 5.53 Å². The summed E-state index contributed by atoms with van der Waals surface area (Å²) in [5.41, 5.74) is 7.22. The maximum atomic E-state index is 14.2. The van der Waals surface area contributed by atoms with Gasteiger partial charge in [0.05, 0.1) is 36.8 Å². The number of nitrogens with zero attached hydrogens (tertiary/aromatic N) is 5. The van der Waals surface area contributed by atoms with Crippen LogP contribution in [0.1, 0.15) is 52.5 Å². The third-order valence-corrected chi connectivity index (χ3v) is 8.31. The summed E-state index contributed by atoms with van der Waals surface area (Å²) in [6.07, 6.45) is -4.37. The Balaban J connectivity index is 1.56. The van der Waals surface area contributed by atoms with Crippen LogP contribution < -0.4 is 20.4 Å². The highest BCUT2D eigenvalue weighted by molar-refractivity contribution is 8.00. The predicted molar refractivity (Wildman–Crippen MR) is 145 cm³/mol. The lowest BCUT2D eigenvalue weighted by Crippen LogP contribution is -2.42. The maximum absolute atomic E-state index is 14.2. The Bertz CT molecular complexity index is 1490. The third kappa shape index (κ3) is 5.87. The Labute approximate surface area is 241 Å². The minimum atomic E-state index is -4.77. The second-order valence-electron chi connectivity index (χ2n) is 9.11. The molecule has 0 aliphatic carbocycles. The fourth-order valence-corrected chi connectivity index (χ4v) is 6.43. The number of carboxylic acid groups (broad SMARTS) is 1. The number of methoxy groups -OCH3 is 2. The van der Waals surface area contributed by atoms with E-state index in [4.69, 9.17) is 26.2 Å². The highest BCUT2D eigenvalue weighted by Gasteiger charge is 2.43. The molecule has 218 valence electrons. The van der Waals surface area contributed by atoms with Gasteiger partial charge in [0.1, 0.15) is 5.84 Å². The molecule has 2 aliphatic heterocycles. The number of para-hydroxylation sites is 1.